The molecule has 1 aliphatic rings. The first-order valence-electron chi connectivity index (χ1n) is 4.85. The Hall–Kier alpha value is -1.57. The summed E-state index contributed by atoms with van der Waals surface area (Å²) in [6.45, 7) is 1.65. The van der Waals surface area contributed by atoms with Crippen molar-refractivity contribution in [2.45, 2.75) is 19.8 Å². The van der Waals surface area contributed by atoms with Crippen LogP contribution < -0.4 is 4.99 Å². The molecule has 0 aromatic heterocycles. The number of benzene rings is 1. The first-order valence-corrected chi connectivity index (χ1v) is 4.85. The van der Waals surface area contributed by atoms with Crippen molar-refractivity contribution in [1.29, 1.82) is 0 Å². The molecule has 1 aliphatic carbocycles. The molecule has 0 heterocycles. The summed E-state index contributed by atoms with van der Waals surface area (Å²) in [6.07, 6.45) is 4.25. The summed E-state index contributed by atoms with van der Waals surface area (Å²) in [5, 5.41) is 9.19. The van der Waals surface area contributed by atoms with Crippen LogP contribution >= 0.6 is 0 Å². The van der Waals surface area contributed by atoms with Crippen LogP contribution in [0, 0.1) is 0 Å². The quantitative estimate of drug-likeness (QED) is 0.501. The molecule has 0 bridgehead atoms. The van der Waals surface area contributed by atoms with Crippen LogP contribution in [0.5, 0.6) is 0 Å². The number of fused-ring (bicyclic) bond motifs is 1. The van der Waals surface area contributed by atoms with Crippen LogP contribution in [-0.4, -0.2) is 11.0 Å². The van der Waals surface area contributed by atoms with Crippen molar-refractivity contribution in [1.82, 2.24) is 0 Å². The molecule has 2 N–H and O–H groups in total. The summed E-state index contributed by atoms with van der Waals surface area (Å²) < 4.78 is 0. The number of aryl methyl sites for hydroxylation is 1. The highest BCUT2D eigenvalue weighted by molar-refractivity contribution is 5.70. The minimum atomic E-state index is 0.243. The van der Waals surface area contributed by atoms with Gasteiger partial charge in [0.2, 0.25) is 5.70 Å². The van der Waals surface area contributed by atoms with E-state index in [9.17, 15) is 5.11 Å². The van der Waals surface area contributed by atoms with Crippen LogP contribution in [0.15, 0.2) is 30.3 Å². The molecule has 2 rings (SSSR count). The van der Waals surface area contributed by atoms with E-state index in [1.807, 2.05) is 6.07 Å². The van der Waals surface area contributed by atoms with E-state index < -0.39 is 0 Å². The Bertz CT molecular complexity index is 401. The lowest BCUT2D eigenvalue weighted by molar-refractivity contribution is -0.356. The SMILES string of the molecule is CC(O)=[NH+]C1=CCCc2ccccc21. The van der Waals surface area contributed by atoms with Crippen molar-refractivity contribution in [3.05, 3.63) is 41.5 Å². The van der Waals surface area contributed by atoms with Crippen LogP contribution in [0.25, 0.3) is 5.70 Å². The molecule has 0 amide bonds. The molecule has 1 aromatic rings. The highest BCUT2D eigenvalue weighted by Gasteiger charge is 2.15. The zero-order valence-electron chi connectivity index (χ0n) is 8.25. The minimum absolute atomic E-state index is 0.243. The van der Waals surface area contributed by atoms with Gasteiger partial charge in [0.25, 0.3) is 0 Å². The zero-order valence-corrected chi connectivity index (χ0v) is 8.25. The van der Waals surface area contributed by atoms with Gasteiger partial charge in [-0.15, -0.1) is 0 Å². The molecule has 0 atom stereocenters. The molecule has 0 spiro atoms. The fourth-order valence-electron chi connectivity index (χ4n) is 1.80. The van der Waals surface area contributed by atoms with Crippen molar-refractivity contribution < 1.29 is 10.1 Å². The van der Waals surface area contributed by atoms with E-state index in [2.05, 4.69) is 29.3 Å². The van der Waals surface area contributed by atoms with Gasteiger partial charge in [-0.05, 0) is 30.5 Å². The molecule has 1 aromatic carbocycles. The monoisotopic (exact) mass is 188 g/mol. The van der Waals surface area contributed by atoms with E-state index in [1.165, 1.54) is 11.1 Å². The highest BCUT2D eigenvalue weighted by atomic mass is 16.3. The fourth-order valence-corrected chi connectivity index (χ4v) is 1.80. The molecule has 2 nitrogen and oxygen atoms in total. The normalized spacial score (nSPS) is 16.1. The molecule has 0 radical (unpaired) electrons. The van der Waals surface area contributed by atoms with Crippen LogP contribution in [0.2, 0.25) is 0 Å². The smallest absolute Gasteiger partial charge is 0.334 e. The van der Waals surface area contributed by atoms with Crippen molar-refractivity contribution >= 4 is 11.6 Å². The molecule has 0 unspecified atom stereocenters. The van der Waals surface area contributed by atoms with Crippen LogP contribution in [0.4, 0.5) is 0 Å². The Kier molecular flexibility index (Phi) is 2.35. The van der Waals surface area contributed by atoms with Gasteiger partial charge in [-0.2, -0.15) is 4.99 Å². The average Bonchev–Trinajstić information content (AvgIpc) is 2.18. The summed E-state index contributed by atoms with van der Waals surface area (Å²) in [4.78, 5) is 2.97. The lowest BCUT2D eigenvalue weighted by atomic mass is 9.95. The Morgan fingerprint density at radius 3 is 2.93 bits per heavy atom. The number of hydrogen-bond acceptors (Lipinski definition) is 0. The third-order valence-electron chi connectivity index (χ3n) is 2.39. The Labute approximate surface area is 83.6 Å². The number of allylic oxidation sites excluding steroid dienone is 1. The van der Waals surface area contributed by atoms with Gasteiger partial charge in [0.15, 0.2) is 0 Å². The van der Waals surface area contributed by atoms with E-state index in [0.29, 0.717) is 0 Å². The number of nitrogens with one attached hydrogen (secondary N) is 1. The molecule has 2 heteroatoms. The molecule has 14 heavy (non-hydrogen) atoms. The van der Waals surface area contributed by atoms with E-state index in [1.54, 1.807) is 6.92 Å². The average molecular weight is 188 g/mol. The maximum absolute atomic E-state index is 9.19. The van der Waals surface area contributed by atoms with Gasteiger partial charge >= 0.3 is 5.90 Å². The number of rotatable bonds is 1. The van der Waals surface area contributed by atoms with Crippen molar-refractivity contribution in [2.24, 2.45) is 0 Å². The maximum atomic E-state index is 9.19. The highest BCUT2D eigenvalue weighted by Crippen LogP contribution is 2.21. The summed E-state index contributed by atoms with van der Waals surface area (Å²) in [5.74, 6) is 0.243. The lowest BCUT2D eigenvalue weighted by Crippen LogP contribution is -2.69. The first kappa shape index (κ1) is 9.00. The minimum Gasteiger partial charge on any atom is -0.463 e. The predicted molar refractivity (Wildman–Crippen MR) is 57.0 cm³/mol. The van der Waals surface area contributed by atoms with E-state index in [4.69, 9.17) is 0 Å². The molecular formula is C12H14NO+. The predicted octanol–water partition coefficient (Wildman–Crippen LogP) is 1.03. The Morgan fingerprint density at radius 2 is 2.14 bits per heavy atom. The van der Waals surface area contributed by atoms with E-state index in [-0.39, 0.29) is 5.90 Å². The number of aliphatic hydroxyl groups is 1. The van der Waals surface area contributed by atoms with Crippen LogP contribution in [0.1, 0.15) is 24.5 Å². The molecule has 72 valence electrons. The molecule has 0 saturated carbocycles. The summed E-state index contributed by atoms with van der Waals surface area (Å²) >= 11 is 0. The third-order valence-corrected chi connectivity index (χ3v) is 2.39. The summed E-state index contributed by atoms with van der Waals surface area (Å²) in [5.41, 5.74) is 3.57. The Balaban J connectivity index is 2.45. The Morgan fingerprint density at radius 1 is 1.36 bits per heavy atom. The zero-order chi connectivity index (χ0) is 9.97. The number of aliphatic hydroxyl groups excluding tert-OH is 1. The van der Waals surface area contributed by atoms with Gasteiger partial charge in [0.1, 0.15) is 0 Å². The van der Waals surface area contributed by atoms with Crippen molar-refractivity contribution in [2.75, 3.05) is 0 Å². The fraction of sp³-hybridized carbons (Fsp3) is 0.250. The second-order valence-electron chi connectivity index (χ2n) is 3.52. The first-order chi connectivity index (χ1) is 6.77. The molecule has 0 aliphatic heterocycles. The van der Waals surface area contributed by atoms with Gasteiger partial charge in [-0.25, -0.2) is 0 Å². The summed E-state index contributed by atoms with van der Waals surface area (Å²) in [6, 6.07) is 8.29. The van der Waals surface area contributed by atoms with E-state index >= 15 is 0 Å². The van der Waals surface area contributed by atoms with Crippen LogP contribution in [0.3, 0.4) is 0 Å². The molecular weight excluding hydrogens is 174 g/mol. The van der Waals surface area contributed by atoms with Crippen LogP contribution in [-0.2, 0) is 6.42 Å². The largest absolute Gasteiger partial charge is 0.463 e. The van der Waals surface area contributed by atoms with Gasteiger partial charge < -0.3 is 5.11 Å². The van der Waals surface area contributed by atoms with Crippen molar-refractivity contribution in [3.8, 4) is 0 Å². The molecule has 0 fully saturated rings. The second-order valence-corrected chi connectivity index (χ2v) is 3.52. The maximum Gasteiger partial charge on any atom is 0.334 e. The van der Waals surface area contributed by atoms with Crippen molar-refractivity contribution in [3.63, 3.8) is 0 Å². The van der Waals surface area contributed by atoms with Gasteiger partial charge in [-0.3, -0.25) is 0 Å². The van der Waals surface area contributed by atoms with Gasteiger partial charge in [0.05, 0.1) is 6.92 Å². The lowest BCUT2D eigenvalue weighted by Gasteiger charge is -2.10. The molecule has 0 saturated heterocycles. The third kappa shape index (κ3) is 1.69. The van der Waals surface area contributed by atoms with Gasteiger partial charge in [0, 0.05) is 5.56 Å². The standard InChI is InChI=1S/C12H13NO/c1-9(14)13-12-8-4-6-10-5-2-3-7-11(10)12/h2-3,5,7-8H,4,6H2,1H3,(H,13,14)/p+1. The van der Waals surface area contributed by atoms with E-state index in [0.717, 1.165) is 18.5 Å². The number of hydrogen-bond donors (Lipinski definition) is 2. The summed E-state index contributed by atoms with van der Waals surface area (Å²) in [7, 11) is 0. The van der Waals surface area contributed by atoms with Gasteiger partial charge in [-0.1, -0.05) is 18.2 Å². The topological polar surface area (TPSA) is 34.2 Å². The second kappa shape index (κ2) is 3.66.